The highest BCUT2D eigenvalue weighted by Gasteiger charge is 2.36. The molecule has 1 aliphatic heterocycles. The molecule has 1 saturated heterocycles. The molecule has 2 fully saturated rings. The molecular formula is C11H21N3O. The molecule has 4 nitrogen and oxygen atoms in total. The number of likely N-dealkylation sites (N-methyl/N-ethyl adjacent to an activating group) is 1. The van der Waals surface area contributed by atoms with E-state index >= 15 is 0 Å². The second-order valence-corrected chi connectivity index (χ2v) is 4.91. The average molecular weight is 211 g/mol. The van der Waals surface area contributed by atoms with Crippen LogP contribution in [-0.4, -0.2) is 54.0 Å². The summed E-state index contributed by atoms with van der Waals surface area (Å²) in [4.78, 5) is 16.0. The largest absolute Gasteiger partial charge is 0.340 e. The van der Waals surface area contributed by atoms with Crippen LogP contribution in [0.25, 0.3) is 0 Å². The van der Waals surface area contributed by atoms with Crippen molar-refractivity contribution in [3.05, 3.63) is 0 Å². The Morgan fingerprint density at radius 3 is 2.60 bits per heavy atom. The van der Waals surface area contributed by atoms with Gasteiger partial charge in [0, 0.05) is 25.2 Å². The van der Waals surface area contributed by atoms with E-state index in [1.165, 1.54) is 12.8 Å². The second-order valence-electron chi connectivity index (χ2n) is 4.91. The summed E-state index contributed by atoms with van der Waals surface area (Å²) in [5.41, 5.74) is 5.60. The molecule has 2 atom stereocenters. The van der Waals surface area contributed by atoms with Gasteiger partial charge in [-0.1, -0.05) is 0 Å². The highest BCUT2D eigenvalue weighted by Crippen LogP contribution is 2.29. The summed E-state index contributed by atoms with van der Waals surface area (Å²) in [5, 5.41) is 0. The van der Waals surface area contributed by atoms with E-state index in [-0.39, 0.29) is 11.9 Å². The fourth-order valence-electron chi connectivity index (χ4n) is 2.34. The molecule has 2 N–H and O–H groups in total. The van der Waals surface area contributed by atoms with Crippen molar-refractivity contribution in [3.63, 3.8) is 0 Å². The van der Waals surface area contributed by atoms with Gasteiger partial charge in [-0.25, -0.2) is 0 Å². The molecule has 1 saturated carbocycles. The molecule has 1 heterocycles. The summed E-state index contributed by atoms with van der Waals surface area (Å²) in [6.07, 6.45) is 3.76. The molecule has 0 aromatic rings. The van der Waals surface area contributed by atoms with Gasteiger partial charge in [0.25, 0.3) is 0 Å². The van der Waals surface area contributed by atoms with Gasteiger partial charge in [0.2, 0.25) is 5.91 Å². The van der Waals surface area contributed by atoms with Crippen molar-refractivity contribution < 1.29 is 4.79 Å². The summed E-state index contributed by atoms with van der Waals surface area (Å²) < 4.78 is 0. The summed E-state index contributed by atoms with van der Waals surface area (Å²) in [6, 6.07) is 0.982. The van der Waals surface area contributed by atoms with E-state index in [0.29, 0.717) is 6.04 Å². The molecule has 1 amide bonds. The molecule has 0 aromatic heterocycles. The maximum absolute atomic E-state index is 11.7. The number of hydrogen-bond acceptors (Lipinski definition) is 3. The maximum Gasteiger partial charge on any atom is 0.239 e. The van der Waals surface area contributed by atoms with Crippen LogP contribution in [0, 0.1) is 0 Å². The quantitative estimate of drug-likeness (QED) is 0.716. The Morgan fingerprint density at radius 1 is 1.40 bits per heavy atom. The van der Waals surface area contributed by atoms with Crippen LogP contribution in [-0.2, 0) is 4.79 Å². The Labute approximate surface area is 91.4 Å². The number of nitrogens with two attached hydrogens (primary N) is 1. The smallest absolute Gasteiger partial charge is 0.239 e. The minimum absolute atomic E-state index is 0.0988. The number of carbonyl (C=O) groups excluding carboxylic acids is 1. The lowest BCUT2D eigenvalue weighted by Crippen LogP contribution is -2.43. The number of nitrogens with zero attached hydrogens (tertiary/aromatic N) is 2. The van der Waals surface area contributed by atoms with Crippen LogP contribution in [0.5, 0.6) is 0 Å². The predicted octanol–water partition coefficient (Wildman–Crippen LogP) is 0.0287. The first kappa shape index (κ1) is 10.9. The Balaban J connectivity index is 1.85. The molecule has 1 unspecified atom stereocenters. The number of rotatable bonds is 3. The van der Waals surface area contributed by atoms with Gasteiger partial charge in [0.15, 0.2) is 0 Å². The number of hydrogen-bond donors (Lipinski definition) is 1. The molecule has 0 spiro atoms. The molecule has 2 rings (SSSR count). The van der Waals surface area contributed by atoms with Crippen LogP contribution in [0.1, 0.15) is 26.2 Å². The molecule has 4 heteroatoms. The topological polar surface area (TPSA) is 49.6 Å². The summed E-state index contributed by atoms with van der Waals surface area (Å²) >= 11 is 0. The summed E-state index contributed by atoms with van der Waals surface area (Å²) in [7, 11) is 2.18. The lowest BCUT2D eigenvalue weighted by Gasteiger charge is -2.24. The third-order valence-corrected chi connectivity index (χ3v) is 3.56. The van der Waals surface area contributed by atoms with Gasteiger partial charge in [-0.05, 0) is 33.2 Å². The Bertz CT molecular complexity index is 250. The van der Waals surface area contributed by atoms with Gasteiger partial charge in [-0.2, -0.15) is 0 Å². The minimum atomic E-state index is -0.352. The van der Waals surface area contributed by atoms with Gasteiger partial charge in [-0.15, -0.1) is 0 Å². The highest BCUT2D eigenvalue weighted by molar-refractivity contribution is 5.81. The van der Waals surface area contributed by atoms with Gasteiger partial charge in [0.1, 0.15) is 0 Å². The molecule has 1 aliphatic carbocycles. The normalized spacial score (nSPS) is 28.5. The van der Waals surface area contributed by atoms with Crippen LogP contribution < -0.4 is 5.73 Å². The SMILES string of the molecule is C[C@H](N)C(=O)N1CCC(N(C)C2CC2)C1. The van der Waals surface area contributed by atoms with Gasteiger partial charge >= 0.3 is 0 Å². The third kappa shape index (κ3) is 2.32. The first-order valence-corrected chi connectivity index (χ1v) is 5.86. The monoisotopic (exact) mass is 211 g/mol. The minimum Gasteiger partial charge on any atom is -0.340 e. The van der Waals surface area contributed by atoms with E-state index in [0.717, 1.165) is 25.6 Å². The van der Waals surface area contributed by atoms with E-state index in [4.69, 9.17) is 5.73 Å². The van der Waals surface area contributed by atoms with Crippen LogP contribution in [0.4, 0.5) is 0 Å². The fourth-order valence-corrected chi connectivity index (χ4v) is 2.34. The van der Waals surface area contributed by atoms with Crippen molar-refractivity contribution in [2.75, 3.05) is 20.1 Å². The zero-order chi connectivity index (χ0) is 11.0. The molecule has 86 valence electrons. The van der Waals surface area contributed by atoms with Gasteiger partial charge in [-0.3, -0.25) is 9.69 Å². The van der Waals surface area contributed by atoms with E-state index in [2.05, 4.69) is 11.9 Å². The lowest BCUT2D eigenvalue weighted by atomic mass is 10.2. The van der Waals surface area contributed by atoms with E-state index in [1.807, 2.05) is 4.90 Å². The van der Waals surface area contributed by atoms with Crippen LogP contribution >= 0.6 is 0 Å². The lowest BCUT2D eigenvalue weighted by molar-refractivity contribution is -0.131. The van der Waals surface area contributed by atoms with Crippen LogP contribution in [0.3, 0.4) is 0 Å². The van der Waals surface area contributed by atoms with E-state index in [1.54, 1.807) is 6.92 Å². The number of amides is 1. The molecule has 0 aromatic carbocycles. The third-order valence-electron chi connectivity index (χ3n) is 3.56. The molecule has 15 heavy (non-hydrogen) atoms. The van der Waals surface area contributed by atoms with Crippen molar-refractivity contribution in [2.45, 2.75) is 44.3 Å². The van der Waals surface area contributed by atoms with Crippen molar-refractivity contribution in [3.8, 4) is 0 Å². The average Bonchev–Trinajstić information content (AvgIpc) is 2.93. The second kappa shape index (κ2) is 4.10. The van der Waals surface area contributed by atoms with Crippen LogP contribution in [0.15, 0.2) is 0 Å². The van der Waals surface area contributed by atoms with Crippen molar-refractivity contribution >= 4 is 5.91 Å². The molecule has 0 bridgehead atoms. The van der Waals surface area contributed by atoms with E-state index < -0.39 is 0 Å². The number of likely N-dealkylation sites (tertiary alicyclic amines) is 1. The van der Waals surface area contributed by atoms with Gasteiger partial charge in [0.05, 0.1) is 6.04 Å². The Morgan fingerprint density at radius 2 is 2.07 bits per heavy atom. The zero-order valence-electron chi connectivity index (χ0n) is 9.65. The van der Waals surface area contributed by atoms with Crippen molar-refractivity contribution in [1.29, 1.82) is 0 Å². The molecule has 0 radical (unpaired) electrons. The van der Waals surface area contributed by atoms with Crippen molar-refractivity contribution in [2.24, 2.45) is 5.73 Å². The van der Waals surface area contributed by atoms with Crippen LogP contribution in [0.2, 0.25) is 0 Å². The Kier molecular flexibility index (Phi) is 2.98. The first-order chi connectivity index (χ1) is 7.09. The molecule has 2 aliphatic rings. The fraction of sp³-hybridized carbons (Fsp3) is 0.909. The molecular weight excluding hydrogens is 190 g/mol. The van der Waals surface area contributed by atoms with Gasteiger partial charge < -0.3 is 10.6 Å². The Hall–Kier alpha value is -0.610. The highest BCUT2D eigenvalue weighted by atomic mass is 16.2. The summed E-state index contributed by atoms with van der Waals surface area (Å²) in [6.45, 7) is 3.51. The maximum atomic E-state index is 11.7. The standard InChI is InChI=1S/C11H21N3O/c1-8(12)11(15)14-6-5-10(7-14)13(2)9-3-4-9/h8-10H,3-7,12H2,1-2H3/t8-,10?/m0/s1. The van der Waals surface area contributed by atoms with Crippen molar-refractivity contribution in [1.82, 2.24) is 9.80 Å². The number of carbonyl (C=O) groups is 1. The summed E-state index contributed by atoms with van der Waals surface area (Å²) in [5.74, 6) is 0.0988. The van der Waals surface area contributed by atoms with E-state index in [9.17, 15) is 4.79 Å². The first-order valence-electron chi connectivity index (χ1n) is 5.86. The predicted molar refractivity (Wildman–Crippen MR) is 59.4 cm³/mol. The zero-order valence-corrected chi connectivity index (χ0v) is 9.65.